The molecule has 0 heterocycles. The highest BCUT2D eigenvalue weighted by atomic mass is 14.2. The molecule has 1 aromatic rings. The first kappa shape index (κ1) is 13.4. The Bertz CT molecular complexity index is 496. The molecule has 0 atom stereocenters. The maximum Gasteiger partial charge on any atom is -0.00580 e. The van der Waals surface area contributed by atoms with Gasteiger partial charge in [0.25, 0.3) is 0 Å². The summed E-state index contributed by atoms with van der Waals surface area (Å²) in [4.78, 5) is 0. The first-order chi connectivity index (χ1) is 9.92. The first-order valence-corrected chi connectivity index (χ1v) is 8.02. The zero-order chi connectivity index (χ0) is 13.6. The molecule has 1 fully saturated rings. The van der Waals surface area contributed by atoms with E-state index in [9.17, 15) is 0 Å². The highest BCUT2D eigenvalue weighted by Crippen LogP contribution is 2.32. The highest BCUT2D eigenvalue weighted by molar-refractivity contribution is 5.45. The molecule has 0 N–H and O–H groups in total. The molecule has 20 heavy (non-hydrogen) atoms. The molecule has 0 spiro atoms. The molecule has 0 aliphatic heterocycles. The SMILES string of the molecule is C1=CC(=C(Cc2ccccc2)CC2CCCCC2)C=C1. The fraction of sp³-hybridized carbons (Fsp3) is 0.400. The summed E-state index contributed by atoms with van der Waals surface area (Å²) >= 11 is 0. The molecular formula is C20H24. The van der Waals surface area contributed by atoms with Crippen LogP contribution in [0, 0.1) is 5.92 Å². The predicted molar refractivity (Wildman–Crippen MR) is 86.6 cm³/mol. The molecule has 0 radical (unpaired) electrons. The third-order valence-electron chi connectivity index (χ3n) is 4.59. The van der Waals surface area contributed by atoms with Crippen molar-refractivity contribution < 1.29 is 0 Å². The van der Waals surface area contributed by atoms with Crippen LogP contribution in [0.2, 0.25) is 0 Å². The lowest BCUT2D eigenvalue weighted by Crippen LogP contribution is -2.09. The third kappa shape index (κ3) is 3.50. The Kier molecular flexibility index (Phi) is 4.53. The Balaban J connectivity index is 1.76. The van der Waals surface area contributed by atoms with Gasteiger partial charge in [0, 0.05) is 0 Å². The maximum absolute atomic E-state index is 2.28. The van der Waals surface area contributed by atoms with E-state index in [1.54, 1.807) is 5.57 Å². The summed E-state index contributed by atoms with van der Waals surface area (Å²) in [6.07, 6.45) is 18.5. The van der Waals surface area contributed by atoms with Crippen LogP contribution in [0.4, 0.5) is 0 Å². The molecule has 0 saturated heterocycles. The van der Waals surface area contributed by atoms with Gasteiger partial charge in [-0.25, -0.2) is 0 Å². The van der Waals surface area contributed by atoms with Gasteiger partial charge < -0.3 is 0 Å². The largest absolute Gasteiger partial charge is 0.0622 e. The number of allylic oxidation sites excluding steroid dienone is 6. The quantitative estimate of drug-likeness (QED) is 0.662. The zero-order valence-corrected chi connectivity index (χ0v) is 12.2. The Morgan fingerprint density at radius 1 is 0.900 bits per heavy atom. The van der Waals surface area contributed by atoms with Crippen molar-refractivity contribution in [3.8, 4) is 0 Å². The predicted octanol–water partition coefficient (Wildman–Crippen LogP) is 5.62. The molecule has 104 valence electrons. The second kappa shape index (κ2) is 6.74. The Morgan fingerprint density at radius 3 is 2.30 bits per heavy atom. The smallest absolute Gasteiger partial charge is 0.00580 e. The van der Waals surface area contributed by atoms with Gasteiger partial charge in [0.15, 0.2) is 0 Å². The molecule has 1 saturated carbocycles. The van der Waals surface area contributed by atoms with Gasteiger partial charge in [0.05, 0.1) is 0 Å². The summed E-state index contributed by atoms with van der Waals surface area (Å²) in [5.41, 5.74) is 4.53. The molecular weight excluding hydrogens is 240 g/mol. The summed E-state index contributed by atoms with van der Waals surface area (Å²) in [7, 11) is 0. The average Bonchev–Trinajstić information content (AvgIpc) is 3.03. The number of rotatable bonds is 4. The second-order valence-corrected chi connectivity index (χ2v) is 6.15. The highest BCUT2D eigenvalue weighted by Gasteiger charge is 2.17. The van der Waals surface area contributed by atoms with Crippen LogP contribution in [0.1, 0.15) is 44.1 Å². The van der Waals surface area contributed by atoms with Crippen LogP contribution in [0.25, 0.3) is 0 Å². The van der Waals surface area contributed by atoms with Crippen LogP contribution in [-0.2, 0) is 6.42 Å². The molecule has 1 aromatic carbocycles. The van der Waals surface area contributed by atoms with E-state index < -0.39 is 0 Å². The molecule has 0 nitrogen and oxygen atoms in total. The van der Waals surface area contributed by atoms with Gasteiger partial charge in [0.1, 0.15) is 0 Å². The minimum absolute atomic E-state index is 0.914. The molecule has 0 heteroatoms. The van der Waals surface area contributed by atoms with Gasteiger partial charge in [-0.2, -0.15) is 0 Å². The summed E-state index contributed by atoms with van der Waals surface area (Å²) in [5.74, 6) is 0.914. The zero-order valence-electron chi connectivity index (χ0n) is 12.2. The van der Waals surface area contributed by atoms with Gasteiger partial charge in [-0.1, -0.05) is 92.3 Å². The van der Waals surface area contributed by atoms with Crippen LogP contribution in [-0.4, -0.2) is 0 Å². The Labute approximate surface area is 122 Å². The first-order valence-electron chi connectivity index (χ1n) is 8.02. The third-order valence-corrected chi connectivity index (χ3v) is 4.59. The molecule has 2 aliphatic rings. The average molecular weight is 264 g/mol. The van der Waals surface area contributed by atoms with Crippen molar-refractivity contribution in [3.63, 3.8) is 0 Å². The molecule has 0 amide bonds. The summed E-state index contributed by atoms with van der Waals surface area (Å²) < 4.78 is 0. The van der Waals surface area contributed by atoms with Gasteiger partial charge in [0.2, 0.25) is 0 Å². The van der Waals surface area contributed by atoms with E-state index in [0.717, 1.165) is 12.3 Å². The lowest BCUT2D eigenvalue weighted by atomic mass is 9.82. The fourth-order valence-corrected chi connectivity index (χ4v) is 3.48. The minimum atomic E-state index is 0.914. The van der Waals surface area contributed by atoms with Crippen LogP contribution in [0.3, 0.4) is 0 Å². The summed E-state index contributed by atoms with van der Waals surface area (Å²) in [5, 5.41) is 0. The number of hydrogen-bond acceptors (Lipinski definition) is 0. The van der Waals surface area contributed by atoms with E-state index in [4.69, 9.17) is 0 Å². The fourth-order valence-electron chi connectivity index (χ4n) is 3.48. The van der Waals surface area contributed by atoms with Gasteiger partial charge in [-0.3, -0.25) is 0 Å². The van der Waals surface area contributed by atoms with E-state index in [1.165, 1.54) is 49.7 Å². The topological polar surface area (TPSA) is 0 Å². The standard InChI is InChI=1S/C20H24/c1-3-9-17(10-4-1)15-20(19-13-7-8-14-19)16-18-11-5-2-6-12-18/h1,3-4,7-10,13-14,18H,2,5-6,11-12,15-16H2. The van der Waals surface area contributed by atoms with Crippen LogP contribution < -0.4 is 0 Å². The molecule has 0 aromatic heterocycles. The van der Waals surface area contributed by atoms with Crippen molar-refractivity contribution in [2.75, 3.05) is 0 Å². The minimum Gasteiger partial charge on any atom is -0.0622 e. The summed E-state index contributed by atoms with van der Waals surface area (Å²) in [6, 6.07) is 10.9. The summed E-state index contributed by atoms with van der Waals surface area (Å²) in [6.45, 7) is 0. The van der Waals surface area contributed by atoms with Crippen LogP contribution >= 0.6 is 0 Å². The van der Waals surface area contributed by atoms with Crippen molar-refractivity contribution in [1.82, 2.24) is 0 Å². The van der Waals surface area contributed by atoms with Gasteiger partial charge >= 0.3 is 0 Å². The van der Waals surface area contributed by atoms with Crippen molar-refractivity contribution in [2.24, 2.45) is 5.92 Å². The number of hydrogen-bond donors (Lipinski definition) is 0. The van der Waals surface area contributed by atoms with E-state index in [1.807, 2.05) is 0 Å². The van der Waals surface area contributed by atoms with Crippen LogP contribution in [0.15, 0.2) is 65.8 Å². The monoisotopic (exact) mass is 264 g/mol. The molecule has 0 bridgehead atoms. The normalized spacial score (nSPS) is 18.7. The van der Waals surface area contributed by atoms with E-state index >= 15 is 0 Å². The van der Waals surface area contributed by atoms with E-state index in [2.05, 4.69) is 54.6 Å². The van der Waals surface area contributed by atoms with Crippen molar-refractivity contribution in [1.29, 1.82) is 0 Å². The molecule has 0 unspecified atom stereocenters. The lowest BCUT2D eigenvalue weighted by Gasteiger charge is -2.23. The van der Waals surface area contributed by atoms with Crippen molar-refractivity contribution in [2.45, 2.75) is 44.9 Å². The van der Waals surface area contributed by atoms with Crippen molar-refractivity contribution in [3.05, 3.63) is 71.3 Å². The number of benzene rings is 1. The van der Waals surface area contributed by atoms with Crippen molar-refractivity contribution >= 4 is 0 Å². The molecule has 2 aliphatic carbocycles. The van der Waals surface area contributed by atoms with Crippen LogP contribution in [0.5, 0.6) is 0 Å². The van der Waals surface area contributed by atoms with Gasteiger partial charge in [-0.15, -0.1) is 0 Å². The lowest BCUT2D eigenvalue weighted by molar-refractivity contribution is 0.354. The molecule has 3 rings (SSSR count). The second-order valence-electron chi connectivity index (χ2n) is 6.15. The maximum atomic E-state index is 2.28. The van der Waals surface area contributed by atoms with Gasteiger partial charge in [-0.05, 0) is 29.9 Å². The van der Waals surface area contributed by atoms with E-state index in [0.29, 0.717) is 0 Å². The van der Waals surface area contributed by atoms with E-state index in [-0.39, 0.29) is 0 Å². The Hall–Kier alpha value is -1.56. The Morgan fingerprint density at radius 2 is 1.60 bits per heavy atom.